The summed E-state index contributed by atoms with van der Waals surface area (Å²) in [4.78, 5) is 37.8. The summed E-state index contributed by atoms with van der Waals surface area (Å²) in [6.45, 7) is 6.23. The molecule has 0 N–H and O–H groups in total. The fourth-order valence-corrected chi connectivity index (χ4v) is 5.82. The van der Waals surface area contributed by atoms with Crippen molar-refractivity contribution >= 4 is 17.9 Å². The number of carbonyl (C=O) groups excluding carboxylic acids is 3. The van der Waals surface area contributed by atoms with Crippen LogP contribution in [0.15, 0.2) is 122 Å². The molecule has 0 spiro atoms. The number of unbranched alkanes of at least 4 members (excludes halogenated alkanes) is 13. The Bertz CT molecular complexity index is 1320. The third-order valence-electron chi connectivity index (χ3n) is 9.32. The highest BCUT2D eigenvalue weighted by molar-refractivity contribution is 5.71. The molecule has 1 atom stereocenters. The van der Waals surface area contributed by atoms with Crippen LogP contribution in [0.4, 0.5) is 0 Å². The molecule has 0 rings (SSSR count). The minimum Gasteiger partial charge on any atom is -0.462 e. The van der Waals surface area contributed by atoms with E-state index in [0.717, 1.165) is 96.3 Å². The predicted octanol–water partition coefficient (Wildman–Crippen LogP) is 15.4. The number of rotatable bonds is 40. The number of allylic oxidation sites excluding steroid dienone is 20. The number of esters is 3. The first-order valence-corrected chi connectivity index (χ1v) is 23.6. The highest BCUT2D eigenvalue weighted by atomic mass is 16.6. The van der Waals surface area contributed by atoms with Crippen molar-refractivity contribution in [3.8, 4) is 0 Å². The Morgan fingerprint density at radius 2 is 0.767 bits per heavy atom. The van der Waals surface area contributed by atoms with Gasteiger partial charge in [-0.15, -0.1) is 0 Å². The summed E-state index contributed by atoms with van der Waals surface area (Å²) in [5.74, 6) is -1.07. The summed E-state index contributed by atoms with van der Waals surface area (Å²) in [7, 11) is 0. The molecular weight excluding hydrogens is 745 g/mol. The van der Waals surface area contributed by atoms with Gasteiger partial charge >= 0.3 is 17.9 Å². The van der Waals surface area contributed by atoms with E-state index in [1.54, 1.807) is 0 Å². The summed E-state index contributed by atoms with van der Waals surface area (Å²) in [5.41, 5.74) is 0. The molecule has 1 unspecified atom stereocenters. The van der Waals surface area contributed by atoms with E-state index in [0.29, 0.717) is 12.8 Å². The van der Waals surface area contributed by atoms with Gasteiger partial charge in [-0.3, -0.25) is 14.4 Å². The van der Waals surface area contributed by atoms with E-state index < -0.39 is 6.10 Å². The first-order valence-electron chi connectivity index (χ1n) is 23.6. The Morgan fingerprint density at radius 1 is 0.367 bits per heavy atom. The molecule has 60 heavy (non-hydrogen) atoms. The molecule has 0 aliphatic rings. The van der Waals surface area contributed by atoms with Crippen LogP contribution in [-0.2, 0) is 28.6 Å². The SMILES string of the molecule is CC\C=C/C=C\C=C/C=C\C=C/CCCCCC(=O)OCC(COC(=O)CC/C=C\C/C=C\CCCCCCCC)OC(=O)CCCCCC/C=C\C/C=C\C/C=C\CC. The monoisotopic (exact) mass is 829 g/mol. The zero-order valence-corrected chi connectivity index (χ0v) is 38.2. The minimum atomic E-state index is -0.832. The predicted molar refractivity (Wildman–Crippen MR) is 256 cm³/mol. The van der Waals surface area contributed by atoms with Gasteiger partial charge in [0.1, 0.15) is 13.2 Å². The molecule has 0 bridgehead atoms. The normalized spacial score (nSPS) is 13.2. The molecule has 0 aliphatic carbocycles. The summed E-state index contributed by atoms with van der Waals surface area (Å²) in [5, 5.41) is 0. The number of hydrogen-bond acceptors (Lipinski definition) is 6. The molecule has 0 aromatic heterocycles. The van der Waals surface area contributed by atoms with Crippen molar-refractivity contribution < 1.29 is 28.6 Å². The van der Waals surface area contributed by atoms with Crippen LogP contribution in [0, 0.1) is 0 Å². The van der Waals surface area contributed by atoms with Crippen molar-refractivity contribution in [2.45, 2.75) is 187 Å². The maximum absolute atomic E-state index is 12.7. The van der Waals surface area contributed by atoms with Crippen LogP contribution >= 0.6 is 0 Å². The van der Waals surface area contributed by atoms with Crippen molar-refractivity contribution in [2.75, 3.05) is 13.2 Å². The van der Waals surface area contributed by atoms with Gasteiger partial charge in [0, 0.05) is 19.3 Å². The Morgan fingerprint density at radius 3 is 1.33 bits per heavy atom. The third-order valence-corrected chi connectivity index (χ3v) is 9.32. The van der Waals surface area contributed by atoms with E-state index in [1.165, 1.54) is 38.5 Å². The second-order valence-electron chi connectivity index (χ2n) is 15.0. The molecule has 0 amide bonds. The fraction of sp³-hybridized carbons (Fsp3) is 0.574. The van der Waals surface area contributed by atoms with Gasteiger partial charge in [-0.1, -0.05) is 194 Å². The van der Waals surface area contributed by atoms with Crippen LogP contribution in [0.25, 0.3) is 0 Å². The molecular formula is C54H84O6. The zero-order chi connectivity index (χ0) is 43.7. The highest BCUT2D eigenvalue weighted by Crippen LogP contribution is 2.11. The first-order chi connectivity index (χ1) is 29.5. The van der Waals surface area contributed by atoms with E-state index in [2.05, 4.69) is 87.6 Å². The van der Waals surface area contributed by atoms with E-state index in [-0.39, 0.29) is 44.0 Å². The van der Waals surface area contributed by atoms with Gasteiger partial charge in [0.15, 0.2) is 6.10 Å². The molecule has 0 heterocycles. The van der Waals surface area contributed by atoms with Gasteiger partial charge < -0.3 is 14.2 Å². The summed E-state index contributed by atoms with van der Waals surface area (Å²) >= 11 is 0. The summed E-state index contributed by atoms with van der Waals surface area (Å²) < 4.78 is 16.6. The zero-order valence-electron chi connectivity index (χ0n) is 38.2. The maximum Gasteiger partial charge on any atom is 0.306 e. The lowest BCUT2D eigenvalue weighted by molar-refractivity contribution is -0.166. The quantitative estimate of drug-likeness (QED) is 0.0201. The first kappa shape index (κ1) is 55.8. The largest absolute Gasteiger partial charge is 0.462 e. The second kappa shape index (κ2) is 47.5. The Labute approximate surface area is 367 Å². The smallest absolute Gasteiger partial charge is 0.306 e. The van der Waals surface area contributed by atoms with Crippen LogP contribution in [-0.4, -0.2) is 37.2 Å². The van der Waals surface area contributed by atoms with Gasteiger partial charge in [0.05, 0.1) is 0 Å². The van der Waals surface area contributed by atoms with Crippen LogP contribution in [0.1, 0.15) is 181 Å². The second-order valence-corrected chi connectivity index (χ2v) is 15.0. The molecule has 0 saturated heterocycles. The minimum absolute atomic E-state index is 0.130. The Kier molecular flexibility index (Phi) is 44.2. The molecule has 0 aromatic rings. The molecule has 0 fully saturated rings. The summed E-state index contributed by atoms with van der Waals surface area (Å²) in [6, 6.07) is 0. The van der Waals surface area contributed by atoms with Crippen LogP contribution in [0.5, 0.6) is 0 Å². The van der Waals surface area contributed by atoms with Gasteiger partial charge in [0.2, 0.25) is 0 Å². The van der Waals surface area contributed by atoms with Crippen molar-refractivity contribution in [2.24, 2.45) is 0 Å². The lowest BCUT2D eigenvalue weighted by Crippen LogP contribution is -2.30. The fourth-order valence-electron chi connectivity index (χ4n) is 5.82. The lowest BCUT2D eigenvalue weighted by atomic mass is 10.1. The van der Waals surface area contributed by atoms with Crippen molar-refractivity contribution in [1.82, 2.24) is 0 Å². The molecule has 0 aromatic carbocycles. The van der Waals surface area contributed by atoms with Crippen LogP contribution in [0.3, 0.4) is 0 Å². The highest BCUT2D eigenvalue weighted by Gasteiger charge is 2.19. The van der Waals surface area contributed by atoms with Gasteiger partial charge in [0.25, 0.3) is 0 Å². The van der Waals surface area contributed by atoms with Crippen LogP contribution < -0.4 is 0 Å². The topological polar surface area (TPSA) is 78.9 Å². The summed E-state index contributed by atoms with van der Waals surface area (Å²) in [6.07, 6.45) is 64.8. The van der Waals surface area contributed by atoms with Gasteiger partial charge in [-0.05, 0) is 89.9 Å². The molecule has 336 valence electrons. The Hall–Kier alpha value is -4.19. The maximum atomic E-state index is 12.7. The third kappa shape index (κ3) is 44.9. The van der Waals surface area contributed by atoms with Gasteiger partial charge in [-0.25, -0.2) is 0 Å². The molecule has 0 saturated carbocycles. The van der Waals surface area contributed by atoms with E-state index in [9.17, 15) is 14.4 Å². The van der Waals surface area contributed by atoms with E-state index in [1.807, 2.05) is 54.7 Å². The number of ether oxygens (including phenoxy) is 3. The average molecular weight is 829 g/mol. The number of carbonyl (C=O) groups is 3. The van der Waals surface area contributed by atoms with Crippen molar-refractivity contribution in [3.63, 3.8) is 0 Å². The van der Waals surface area contributed by atoms with Crippen molar-refractivity contribution in [1.29, 1.82) is 0 Å². The van der Waals surface area contributed by atoms with Gasteiger partial charge in [-0.2, -0.15) is 0 Å². The molecule has 0 radical (unpaired) electrons. The lowest BCUT2D eigenvalue weighted by Gasteiger charge is -2.18. The average Bonchev–Trinajstić information content (AvgIpc) is 3.24. The molecule has 6 heteroatoms. The standard InChI is InChI=1S/C54H84O6/c1-4-7-10-13-16-19-22-25-27-30-32-35-38-41-44-47-53(56)59-50-51(49-58-52(55)46-43-40-37-34-31-28-24-21-18-15-12-9-6-3)60-54(57)48-45-42-39-36-33-29-26-23-20-17-14-11-8-5-2/h7-8,10-11,13,16-17,19-20,22,25-32,37,40,51H,4-6,9,12,14-15,18,21,23-24,33-36,38-39,41-50H2,1-3H3/b10-7-,11-8-,16-13-,20-17-,22-19-,27-25-,29-26-,31-28-,32-30-,40-37-. The Balaban J connectivity index is 4.60. The molecule has 0 aliphatic heterocycles. The van der Waals surface area contributed by atoms with E-state index >= 15 is 0 Å². The van der Waals surface area contributed by atoms with Crippen molar-refractivity contribution in [3.05, 3.63) is 122 Å². The van der Waals surface area contributed by atoms with E-state index in [4.69, 9.17) is 14.2 Å². The van der Waals surface area contributed by atoms with Crippen LogP contribution in [0.2, 0.25) is 0 Å². The number of hydrogen-bond donors (Lipinski definition) is 0. The molecule has 6 nitrogen and oxygen atoms in total.